The summed E-state index contributed by atoms with van der Waals surface area (Å²) < 4.78 is 6.52. The van der Waals surface area contributed by atoms with E-state index >= 15 is 0 Å². The monoisotopic (exact) mass is 236 g/mol. The molecule has 1 heterocycles. The molecule has 0 fully saturated rings. The van der Waals surface area contributed by atoms with Gasteiger partial charge in [-0.3, -0.25) is 4.57 Å². The predicted molar refractivity (Wildman–Crippen MR) is 66.3 cm³/mol. The number of nitrogens with one attached hydrogen (secondary N) is 1. The predicted octanol–water partition coefficient (Wildman–Crippen LogP) is 1.32. The van der Waals surface area contributed by atoms with Gasteiger partial charge < -0.3 is 14.8 Å². The van der Waals surface area contributed by atoms with Crippen LogP contribution >= 0.6 is 0 Å². The maximum atomic E-state index is 11.3. The Morgan fingerprint density at radius 3 is 3.00 bits per heavy atom. The minimum atomic E-state index is -0.350. The van der Waals surface area contributed by atoms with Crippen molar-refractivity contribution in [2.75, 3.05) is 18.5 Å². The lowest BCUT2D eigenvalue weighted by Crippen LogP contribution is -2.08. The van der Waals surface area contributed by atoms with Gasteiger partial charge in [0.1, 0.15) is 0 Å². The fourth-order valence-electron chi connectivity index (χ4n) is 1.71. The number of benzene rings is 1. The number of aliphatic hydroxyl groups excluding tert-OH is 1. The molecule has 0 saturated carbocycles. The van der Waals surface area contributed by atoms with Gasteiger partial charge in [-0.2, -0.15) is 0 Å². The summed E-state index contributed by atoms with van der Waals surface area (Å²) in [7, 11) is 1.68. The summed E-state index contributed by atoms with van der Waals surface area (Å²) in [5.74, 6) is -0.350. The first kappa shape index (κ1) is 11.7. The van der Waals surface area contributed by atoms with Crippen LogP contribution in [0.4, 0.5) is 5.69 Å². The number of oxazole rings is 1. The van der Waals surface area contributed by atoms with Crippen molar-refractivity contribution in [2.45, 2.75) is 12.8 Å². The average Bonchev–Trinajstić information content (AvgIpc) is 2.61. The van der Waals surface area contributed by atoms with Gasteiger partial charge >= 0.3 is 5.76 Å². The Bertz CT molecular complexity index is 556. The van der Waals surface area contributed by atoms with Crippen LogP contribution in [0.2, 0.25) is 0 Å². The molecule has 0 saturated heterocycles. The summed E-state index contributed by atoms with van der Waals surface area (Å²) in [6, 6.07) is 5.55. The zero-order chi connectivity index (χ0) is 12.3. The fourth-order valence-corrected chi connectivity index (χ4v) is 1.71. The van der Waals surface area contributed by atoms with Crippen molar-refractivity contribution in [1.29, 1.82) is 0 Å². The Morgan fingerprint density at radius 1 is 1.41 bits per heavy atom. The zero-order valence-electron chi connectivity index (χ0n) is 9.77. The van der Waals surface area contributed by atoms with Crippen LogP contribution < -0.4 is 11.1 Å². The van der Waals surface area contributed by atoms with E-state index in [1.54, 1.807) is 13.1 Å². The van der Waals surface area contributed by atoms with Gasteiger partial charge in [-0.05, 0) is 31.0 Å². The van der Waals surface area contributed by atoms with E-state index in [0.29, 0.717) is 5.58 Å². The third kappa shape index (κ3) is 2.50. The van der Waals surface area contributed by atoms with E-state index in [4.69, 9.17) is 9.52 Å². The highest BCUT2D eigenvalue weighted by Gasteiger charge is 2.05. The molecule has 0 atom stereocenters. The minimum Gasteiger partial charge on any atom is -0.408 e. The molecular weight excluding hydrogens is 220 g/mol. The van der Waals surface area contributed by atoms with E-state index in [1.165, 1.54) is 4.57 Å². The third-order valence-electron chi connectivity index (χ3n) is 2.71. The van der Waals surface area contributed by atoms with E-state index in [9.17, 15) is 4.79 Å². The second-order valence-corrected chi connectivity index (χ2v) is 3.97. The number of aromatic nitrogens is 1. The number of aliphatic hydroxyl groups is 1. The van der Waals surface area contributed by atoms with E-state index in [0.717, 1.165) is 30.6 Å². The molecule has 5 nitrogen and oxygen atoms in total. The molecule has 1 aromatic carbocycles. The van der Waals surface area contributed by atoms with Crippen LogP contribution in [0.5, 0.6) is 0 Å². The van der Waals surface area contributed by atoms with Crippen LogP contribution in [-0.2, 0) is 7.05 Å². The van der Waals surface area contributed by atoms with Gasteiger partial charge in [-0.15, -0.1) is 0 Å². The SMILES string of the molecule is Cn1c(=O)oc2ccc(NCCCCO)cc21. The molecule has 5 heteroatoms. The van der Waals surface area contributed by atoms with Crippen LogP contribution in [0.25, 0.3) is 11.1 Å². The van der Waals surface area contributed by atoms with Crippen LogP contribution in [0.3, 0.4) is 0 Å². The smallest absolute Gasteiger partial charge is 0.408 e. The van der Waals surface area contributed by atoms with Gasteiger partial charge in [0.15, 0.2) is 5.58 Å². The molecule has 1 aromatic heterocycles. The Labute approximate surface area is 98.7 Å². The van der Waals surface area contributed by atoms with Crippen molar-refractivity contribution >= 4 is 16.8 Å². The highest BCUT2D eigenvalue weighted by Crippen LogP contribution is 2.17. The normalized spacial score (nSPS) is 10.9. The number of hydrogen-bond donors (Lipinski definition) is 2. The highest BCUT2D eigenvalue weighted by molar-refractivity contribution is 5.77. The summed E-state index contributed by atoms with van der Waals surface area (Å²) in [6.07, 6.45) is 1.71. The molecule has 0 unspecified atom stereocenters. The molecule has 0 bridgehead atoms. The van der Waals surface area contributed by atoms with Gasteiger partial charge in [-0.1, -0.05) is 0 Å². The number of aryl methyl sites for hydroxylation is 1. The lowest BCUT2D eigenvalue weighted by molar-refractivity contribution is 0.286. The van der Waals surface area contributed by atoms with Crippen LogP contribution in [0.15, 0.2) is 27.4 Å². The Hall–Kier alpha value is -1.75. The van der Waals surface area contributed by atoms with Crippen molar-refractivity contribution in [3.63, 3.8) is 0 Å². The highest BCUT2D eigenvalue weighted by atomic mass is 16.4. The van der Waals surface area contributed by atoms with Gasteiger partial charge in [-0.25, -0.2) is 4.79 Å². The molecule has 0 aliphatic rings. The number of rotatable bonds is 5. The van der Waals surface area contributed by atoms with Crippen molar-refractivity contribution in [3.8, 4) is 0 Å². The molecule has 0 radical (unpaired) electrons. The first-order chi connectivity index (χ1) is 8.22. The Morgan fingerprint density at radius 2 is 2.24 bits per heavy atom. The van der Waals surface area contributed by atoms with Crippen LogP contribution in [0.1, 0.15) is 12.8 Å². The molecule has 0 spiro atoms. The molecule has 2 rings (SSSR count). The molecule has 0 aliphatic carbocycles. The number of anilines is 1. The molecule has 92 valence electrons. The first-order valence-electron chi connectivity index (χ1n) is 5.66. The Balaban J connectivity index is 2.14. The van der Waals surface area contributed by atoms with Gasteiger partial charge in [0.25, 0.3) is 0 Å². The van der Waals surface area contributed by atoms with Crippen molar-refractivity contribution < 1.29 is 9.52 Å². The van der Waals surface area contributed by atoms with Crippen molar-refractivity contribution in [1.82, 2.24) is 4.57 Å². The molecule has 0 amide bonds. The molecule has 17 heavy (non-hydrogen) atoms. The zero-order valence-corrected chi connectivity index (χ0v) is 9.77. The summed E-state index contributed by atoms with van der Waals surface area (Å²) >= 11 is 0. The van der Waals surface area contributed by atoms with Gasteiger partial charge in [0.05, 0.1) is 5.52 Å². The van der Waals surface area contributed by atoms with Crippen LogP contribution in [0, 0.1) is 0 Å². The topological polar surface area (TPSA) is 67.4 Å². The quantitative estimate of drug-likeness (QED) is 0.768. The standard InChI is InChI=1S/C12H16N2O3/c1-14-10-8-9(13-6-2-3-7-15)4-5-11(10)17-12(14)16/h4-5,8,13,15H,2-3,6-7H2,1H3. The molecular formula is C12H16N2O3. The largest absolute Gasteiger partial charge is 0.419 e. The maximum absolute atomic E-state index is 11.3. The summed E-state index contributed by atoms with van der Waals surface area (Å²) in [6.45, 7) is 1.02. The number of fused-ring (bicyclic) bond motifs is 1. The van der Waals surface area contributed by atoms with E-state index in [2.05, 4.69) is 5.32 Å². The van der Waals surface area contributed by atoms with E-state index < -0.39 is 0 Å². The average molecular weight is 236 g/mol. The summed E-state index contributed by atoms with van der Waals surface area (Å²) in [4.78, 5) is 11.3. The lowest BCUT2D eigenvalue weighted by Gasteiger charge is -2.05. The number of unbranched alkanes of at least 4 members (excludes halogenated alkanes) is 1. The molecule has 2 aromatic rings. The van der Waals surface area contributed by atoms with Crippen molar-refractivity contribution in [2.24, 2.45) is 7.05 Å². The van der Waals surface area contributed by atoms with E-state index in [-0.39, 0.29) is 12.4 Å². The van der Waals surface area contributed by atoms with Crippen molar-refractivity contribution in [3.05, 3.63) is 28.7 Å². The summed E-state index contributed by atoms with van der Waals surface area (Å²) in [5, 5.41) is 11.9. The van der Waals surface area contributed by atoms with E-state index in [1.807, 2.05) is 12.1 Å². The van der Waals surface area contributed by atoms with Gasteiger partial charge in [0, 0.05) is 25.9 Å². The molecule has 2 N–H and O–H groups in total. The first-order valence-corrected chi connectivity index (χ1v) is 5.66. The minimum absolute atomic E-state index is 0.219. The lowest BCUT2D eigenvalue weighted by atomic mass is 10.2. The third-order valence-corrected chi connectivity index (χ3v) is 2.71. The fraction of sp³-hybridized carbons (Fsp3) is 0.417. The maximum Gasteiger partial charge on any atom is 0.419 e. The van der Waals surface area contributed by atoms with Gasteiger partial charge in [0.2, 0.25) is 0 Å². The molecule has 0 aliphatic heterocycles. The van der Waals surface area contributed by atoms with Crippen LogP contribution in [-0.4, -0.2) is 22.8 Å². The Kier molecular flexibility index (Phi) is 3.49. The number of hydrogen-bond acceptors (Lipinski definition) is 4. The summed E-state index contributed by atoms with van der Waals surface area (Å²) in [5.41, 5.74) is 2.33. The second kappa shape index (κ2) is 5.05. The number of nitrogens with zero attached hydrogens (tertiary/aromatic N) is 1. The second-order valence-electron chi connectivity index (χ2n) is 3.97.